The summed E-state index contributed by atoms with van der Waals surface area (Å²) >= 11 is 6.18. The Balaban J connectivity index is 1.92. The van der Waals surface area contributed by atoms with Gasteiger partial charge < -0.3 is 9.64 Å². The maximum absolute atomic E-state index is 11.5. The number of rotatable bonds is 4. The molecule has 0 N–H and O–H groups in total. The molecule has 0 unspecified atom stereocenters. The van der Waals surface area contributed by atoms with Gasteiger partial charge in [0.15, 0.2) is 0 Å². The lowest BCUT2D eigenvalue weighted by Gasteiger charge is -2.24. The highest BCUT2D eigenvalue weighted by Gasteiger charge is 2.18. The molecule has 1 aromatic rings. The summed E-state index contributed by atoms with van der Waals surface area (Å²) in [7, 11) is 0. The van der Waals surface area contributed by atoms with E-state index in [1.807, 2.05) is 13.0 Å². The monoisotopic (exact) mass is 297 g/mol. The van der Waals surface area contributed by atoms with Crippen LogP contribution in [0.5, 0.6) is 0 Å². The molecule has 1 fully saturated rings. The first-order valence-electron chi connectivity index (χ1n) is 6.93. The van der Waals surface area contributed by atoms with Gasteiger partial charge in [0.25, 0.3) is 0 Å². The maximum atomic E-state index is 11.5. The SMILES string of the molecule is CCOC(=O)CN1CCCN(c2ccncc2Cl)CC1. The third-order valence-electron chi connectivity index (χ3n) is 3.34. The fraction of sp³-hybridized carbons (Fsp3) is 0.571. The van der Waals surface area contributed by atoms with E-state index in [2.05, 4.69) is 14.8 Å². The Morgan fingerprint density at radius 3 is 3.00 bits per heavy atom. The normalized spacial score (nSPS) is 16.8. The summed E-state index contributed by atoms with van der Waals surface area (Å²) in [6.07, 6.45) is 4.42. The van der Waals surface area contributed by atoms with Crippen molar-refractivity contribution in [3.8, 4) is 0 Å². The first-order chi connectivity index (χ1) is 9.70. The summed E-state index contributed by atoms with van der Waals surface area (Å²) in [4.78, 5) is 19.9. The molecule has 1 aliphatic rings. The average molecular weight is 298 g/mol. The summed E-state index contributed by atoms with van der Waals surface area (Å²) in [5.74, 6) is -0.150. The Morgan fingerprint density at radius 2 is 2.25 bits per heavy atom. The third kappa shape index (κ3) is 4.08. The van der Waals surface area contributed by atoms with Crippen LogP contribution >= 0.6 is 11.6 Å². The highest BCUT2D eigenvalue weighted by atomic mass is 35.5. The van der Waals surface area contributed by atoms with Crippen LogP contribution in [-0.2, 0) is 9.53 Å². The van der Waals surface area contributed by atoms with Crippen LogP contribution in [-0.4, -0.2) is 55.2 Å². The van der Waals surface area contributed by atoms with Gasteiger partial charge in [-0.15, -0.1) is 0 Å². The molecule has 2 heterocycles. The van der Waals surface area contributed by atoms with Crippen molar-refractivity contribution in [2.24, 2.45) is 0 Å². The van der Waals surface area contributed by atoms with E-state index in [9.17, 15) is 4.79 Å². The number of nitrogens with zero attached hydrogens (tertiary/aromatic N) is 3. The lowest BCUT2D eigenvalue weighted by Crippen LogP contribution is -2.35. The zero-order chi connectivity index (χ0) is 14.4. The second-order valence-corrected chi connectivity index (χ2v) is 5.16. The zero-order valence-corrected chi connectivity index (χ0v) is 12.5. The largest absolute Gasteiger partial charge is 0.465 e. The van der Waals surface area contributed by atoms with Crippen LogP contribution in [0.15, 0.2) is 18.5 Å². The van der Waals surface area contributed by atoms with Crippen molar-refractivity contribution < 1.29 is 9.53 Å². The molecule has 1 aliphatic heterocycles. The molecular formula is C14H20ClN3O2. The van der Waals surface area contributed by atoms with Crippen molar-refractivity contribution in [3.05, 3.63) is 23.5 Å². The molecule has 2 rings (SSSR count). The number of ether oxygens (including phenoxy) is 1. The molecule has 1 aromatic heterocycles. The van der Waals surface area contributed by atoms with Gasteiger partial charge in [-0.1, -0.05) is 11.6 Å². The topological polar surface area (TPSA) is 45.7 Å². The van der Waals surface area contributed by atoms with E-state index >= 15 is 0 Å². The molecule has 0 amide bonds. The standard InChI is InChI=1S/C14H20ClN3O2/c1-2-20-14(19)11-17-6-3-7-18(9-8-17)13-4-5-16-10-12(13)15/h4-5,10H,2-3,6-9,11H2,1H3. The van der Waals surface area contributed by atoms with E-state index in [1.165, 1.54) is 0 Å². The number of carbonyl (C=O) groups is 1. The van der Waals surface area contributed by atoms with Gasteiger partial charge in [0, 0.05) is 38.6 Å². The van der Waals surface area contributed by atoms with E-state index in [1.54, 1.807) is 12.4 Å². The summed E-state index contributed by atoms with van der Waals surface area (Å²) in [5.41, 5.74) is 1.01. The molecule has 0 radical (unpaired) electrons. The molecule has 20 heavy (non-hydrogen) atoms. The quantitative estimate of drug-likeness (QED) is 0.793. The first kappa shape index (κ1) is 15.1. The Hall–Kier alpha value is -1.33. The number of carbonyl (C=O) groups excluding carboxylic acids is 1. The van der Waals surface area contributed by atoms with Crippen molar-refractivity contribution in [2.45, 2.75) is 13.3 Å². The molecule has 0 bridgehead atoms. The van der Waals surface area contributed by atoms with E-state index < -0.39 is 0 Å². The van der Waals surface area contributed by atoms with E-state index in [0.29, 0.717) is 18.2 Å². The summed E-state index contributed by atoms with van der Waals surface area (Å²) in [5, 5.41) is 0.673. The van der Waals surface area contributed by atoms with Crippen LogP contribution in [0.4, 0.5) is 5.69 Å². The minimum absolute atomic E-state index is 0.150. The van der Waals surface area contributed by atoms with Crippen LogP contribution < -0.4 is 4.90 Å². The molecule has 0 aromatic carbocycles. The van der Waals surface area contributed by atoms with Crippen LogP contribution in [0.2, 0.25) is 5.02 Å². The Bertz CT molecular complexity index is 456. The average Bonchev–Trinajstić information content (AvgIpc) is 2.65. The molecule has 1 saturated heterocycles. The lowest BCUT2D eigenvalue weighted by molar-refractivity contribution is -0.144. The predicted octanol–water partition coefficient (Wildman–Crippen LogP) is 1.81. The molecule has 0 spiro atoms. The number of anilines is 1. The van der Waals surface area contributed by atoms with Gasteiger partial charge in [-0.05, 0) is 19.4 Å². The predicted molar refractivity (Wildman–Crippen MR) is 79.2 cm³/mol. The summed E-state index contributed by atoms with van der Waals surface area (Å²) in [6, 6.07) is 1.93. The maximum Gasteiger partial charge on any atom is 0.320 e. The van der Waals surface area contributed by atoms with Crippen LogP contribution in [0.1, 0.15) is 13.3 Å². The van der Waals surface area contributed by atoms with Gasteiger partial charge in [-0.3, -0.25) is 14.7 Å². The van der Waals surface area contributed by atoms with Crippen molar-refractivity contribution in [1.82, 2.24) is 9.88 Å². The summed E-state index contributed by atoms with van der Waals surface area (Å²) in [6.45, 7) is 6.15. The second-order valence-electron chi connectivity index (χ2n) is 4.75. The van der Waals surface area contributed by atoms with Gasteiger partial charge in [0.05, 0.1) is 23.9 Å². The zero-order valence-electron chi connectivity index (χ0n) is 11.7. The Kier molecular flexibility index (Phi) is 5.61. The molecule has 5 nitrogen and oxygen atoms in total. The highest BCUT2D eigenvalue weighted by molar-refractivity contribution is 6.33. The van der Waals surface area contributed by atoms with E-state index in [4.69, 9.17) is 16.3 Å². The van der Waals surface area contributed by atoms with Gasteiger partial charge in [0.1, 0.15) is 0 Å². The third-order valence-corrected chi connectivity index (χ3v) is 3.63. The minimum atomic E-state index is -0.150. The minimum Gasteiger partial charge on any atom is -0.465 e. The van der Waals surface area contributed by atoms with Crippen molar-refractivity contribution >= 4 is 23.3 Å². The summed E-state index contributed by atoms with van der Waals surface area (Å²) < 4.78 is 4.99. The fourth-order valence-corrected chi connectivity index (χ4v) is 2.62. The van der Waals surface area contributed by atoms with Gasteiger partial charge >= 0.3 is 5.97 Å². The van der Waals surface area contributed by atoms with Gasteiger partial charge in [-0.2, -0.15) is 0 Å². The number of aromatic nitrogens is 1. The van der Waals surface area contributed by atoms with E-state index in [0.717, 1.165) is 38.3 Å². The van der Waals surface area contributed by atoms with Crippen molar-refractivity contribution in [3.63, 3.8) is 0 Å². The number of halogens is 1. The van der Waals surface area contributed by atoms with Crippen LogP contribution in [0, 0.1) is 0 Å². The van der Waals surface area contributed by atoms with Crippen LogP contribution in [0.25, 0.3) is 0 Å². The Labute approximate surface area is 124 Å². The van der Waals surface area contributed by atoms with Crippen molar-refractivity contribution in [1.29, 1.82) is 0 Å². The second kappa shape index (κ2) is 7.45. The smallest absolute Gasteiger partial charge is 0.320 e. The highest BCUT2D eigenvalue weighted by Crippen LogP contribution is 2.25. The fourth-order valence-electron chi connectivity index (χ4n) is 2.38. The lowest BCUT2D eigenvalue weighted by atomic mass is 10.3. The van der Waals surface area contributed by atoms with Gasteiger partial charge in [0.2, 0.25) is 0 Å². The number of esters is 1. The first-order valence-corrected chi connectivity index (χ1v) is 7.31. The van der Waals surface area contributed by atoms with Crippen molar-refractivity contribution in [2.75, 3.05) is 44.2 Å². The van der Waals surface area contributed by atoms with Gasteiger partial charge in [-0.25, -0.2) is 0 Å². The molecule has 0 saturated carbocycles. The number of pyridine rings is 1. The number of hydrogen-bond acceptors (Lipinski definition) is 5. The molecule has 110 valence electrons. The van der Waals surface area contributed by atoms with E-state index in [-0.39, 0.29) is 5.97 Å². The molecule has 6 heteroatoms. The number of hydrogen-bond donors (Lipinski definition) is 0. The van der Waals surface area contributed by atoms with Crippen LogP contribution in [0.3, 0.4) is 0 Å². The Morgan fingerprint density at radius 1 is 1.40 bits per heavy atom. The molecular weight excluding hydrogens is 278 g/mol. The molecule has 0 aliphatic carbocycles. The molecule has 0 atom stereocenters.